The van der Waals surface area contributed by atoms with Crippen molar-refractivity contribution < 1.29 is 14.3 Å². The smallest absolute Gasteiger partial charge is 0.336 e. The maximum Gasteiger partial charge on any atom is 0.336 e. The molecule has 2 amide bonds. The third-order valence-electron chi connectivity index (χ3n) is 1.82. The van der Waals surface area contributed by atoms with Gasteiger partial charge in [-0.15, -0.1) is 5.10 Å². The zero-order valence-corrected chi connectivity index (χ0v) is 9.27. The number of methoxy groups -OCH3 is 1. The van der Waals surface area contributed by atoms with Gasteiger partial charge in [0.2, 0.25) is 17.8 Å². The van der Waals surface area contributed by atoms with Crippen molar-refractivity contribution in [3.63, 3.8) is 0 Å². The molecule has 0 spiro atoms. The van der Waals surface area contributed by atoms with E-state index in [9.17, 15) is 9.59 Å². The average Bonchev–Trinajstić information content (AvgIpc) is 2.65. The Kier molecular flexibility index (Phi) is 3.81. The third kappa shape index (κ3) is 3.23. The molecule has 0 atom stereocenters. The molecule has 1 rings (SSSR count). The van der Waals surface area contributed by atoms with Gasteiger partial charge in [0.05, 0.1) is 13.7 Å². The van der Waals surface area contributed by atoms with Crippen molar-refractivity contribution in [3.8, 4) is 6.01 Å². The summed E-state index contributed by atoms with van der Waals surface area (Å²) in [7, 11) is 2.95. The molecular formula is C8H13N5O3. The van der Waals surface area contributed by atoms with E-state index in [0.29, 0.717) is 0 Å². The molecule has 2 N–H and O–H groups in total. The molecule has 0 aliphatic carbocycles. The van der Waals surface area contributed by atoms with Gasteiger partial charge in [-0.25, -0.2) is 5.10 Å². The minimum atomic E-state index is -0.364. The first-order valence-corrected chi connectivity index (χ1v) is 4.51. The second-order valence-corrected chi connectivity index (χ2v) is 3.09. The predicted octanol–water partition coefficient (Wildman–Crippen LogP) is -0.770. The molecular weight excluding hydrogens is 214 g/mol. The maximum atomic E-state index is 11.4. The lowest BCUT2D eigenvalue weighted by molar-refractivity contribution is -0.131. The molecule has 1 heterocycles. The Balaban J connectivity index is 2.48. The summed E-state index contributed by atoms with van der Waals surface area (Å²) >= 11 is 0. The summed E-state index contributed by atoms with van der Waals surface area (Å²) in [6, 6.07) is 0.134. The van der Waals surface area contributed by atoms with Crippen LogP contribution in [0.2, 0.25) is 0 Å². The Morgan fingerprint density at radius 1 is 1.56 bits per heavy atom. The highest BCUT2D eigenvalue weighted by Gasteiger charge is 2.11. The zero-order chi connectivity index (χ0) is 12.1. The van der Waals surface area contributed by atoms with E-state index in [2.05, 4.69) is 20.5 Å². The van der Waals surface area contributed by atoms with Gasteiger partial charge >= 0.3 is 6.01 Å². The van der Waals surface area contributed by atoms with Gasteiger partial charge in [0, 0.05) is 14.0 Å². The van der Waals surface area contributed by atoms with Crippen LogP contribution in [0, 0.1) is 0 Å². The molecule has 88 valence electrons. The van der Waals surface area contributed by atoms with Crippen LogP contribution in [0.4, 0.5) is 5.95 Å². The van der Waals surface area contributed by atoms with Crippen molar-refractivity contribution in [3.05, 3.63) is 0 Å². The summed E-state index contributed by atoms with van der Waals surface area (Å²) in [6.07, 6.45) is 0. The average molecular weight is 227 g/mol. The van der Waals surface area contributed by atoms with E-state index in [1.54, 1.807) is 0 Å². The number of anilines is 1. The number of aromatic nitrogens is 3. The lowest BCUT2D eigenvalue weighted by Gasteiger charge is -2.12. The van der Waals surface area contributed by atoms with Gasteiger partial charge in [-0.05, 0) is 0 Å². The molecule has 0 radical (unpaired) electrons. The van der Waals surface area contributed by atoms with Crippen molar-refractivity contribution in [2.24, 2.45) is 0 Å². The van der Waals surface area contributed by atoms with Gasteiger partial charge < -0.3 is 9.64 Å². The Morgan fingerprint density at radius 3 is 2.75 bits per heavy atom. The van der Waals surface area contributed by atoms with Crippen LogP contribution in [0.3, 0.4) is 0 Å². The highest BCUT2D eigenvalue weighted by molar-refractivity contribution is 5.92. The van der Waals surface area contributed by atoms with Gasteiger partial charge in [-0.3, -0.25) is 14.9 Å². The molecule has 1 aromatic heterocycles. The second-order valence-electron chi connectivity index (χ2n) is 3.09. The number of amides is 2. The minimum absolute atomic E-state index is 0.0433. The number of aromatic amines is 1. The van der Waals surface area contributed by atoms with Crippen LogP contribution in [-0.2, 0) is 9.59 Å². The molecule has 8 heteroatoms. The van der Waals surface area contributed by atoms with Crippen LogP contribution in [0.1, 0.15) is 6.92 Å². The number of nitrogens with one attached hydrogen (secondary N) is 2. The monoisotopic (exact) mass is 227 g/mol. The Bertz CT molecular complexity index is 389. The summed E-state index contributed by atoms with van der Waals surface area (Å²) in [5.41, 5.74) is 0. The van der Waals surface area contributed by atoms with Crippen molar-refractivity contribution in [1.29, 1.82) is 0 Å². The molecule has 0 saturated carbocycles. The Labute approximate surface area is 92.0 Å². The highest BCUT2D eigenvalue weighted by Crippen LogP contribution is 2.04. The summed E-state index contributed by atoms with van der Waals surface area (Å²) in [6.45, 7) is 1.34. The SMILES string of the molecule is COc1n[nH]c(NC(=O)CN(C)C(C)=O)n1. The van der Waals surface area contributed by atoms with E-state index in [1.165, 1.54) is 26.0 Å². The van der Waals surface area contributed by atoms with E-state index < -0.39 is 0 Å². The molecule has 1 aromatic rings. The standard InChI is InChI=1S/C8H13N5O3/c1-5(14)13(2)4-6(15)9-7-10-8(16-3)12-11-7/h4H2,1-3H3,(H2,9,10,11,12,15). The molecule has 16 heavy (non-hydrogen) atoms. The lowest BCUT2D eigenvalue weighted by Crippen LogP contribution is -2.33. The van der Waals surface area contributed by atoms with Gasteiger partial charge in [-0.2, -0.15) is 4.98 Å². The van der Waals surface area contributed by atoms with Crippen LogP contribution < -0.4 is 10.1 Å². The predicted molar refractivity (Wildman–Crippen MR) is 54.9 cm³/mol. The number of hydrogen-bond acceptors (Lipinski definition) is 5. The first-order chi connectivity index (χ1) is 7.52. The number of hydrogen-bond donors (Lipinski definition) is 2. The molecule has 8 nitrogen and oxygen atoms in total. The molecule has 0 unspecified atom stereocenters. The van der Waals surface area contributed by atoms with Gasteiger partial charge in [0.25, 0.3) is 0 Å². The van der Waals surface area contributed by atoms with Crippen LogP contribution >= 0.6 is 0 Å². The van der Waals surface area contributed by atoms with E-state index in [1.807, 2.05) is 0 Å². The van der Waals surface area contributed by atoms with Crippen molar-refractivity contribution in [1.82, 2.24) is 20.1 Å². The topological polar surface area (TPSA) is 100 Å². The quantitative estimate of drug-likeness (QED) is 0.703. The fourth-order valence-corrected chi connectivity index (χ4v) is 0.892. The van der Waals surface area contributed by atoms with Crippen LogP contribution in [0.15, 0.2) is 0 Å². The third-order valence-corrected chi connectivity index (χ3v) is 1.82. The number of nitrogens with zero attached hydrogens (tertiary/aromatic N) is 3. The fourth-order valence-electron chi connectivity index (χ4n) is 0.892. The summed E-state index contributed by atoms with van der Waals surface area (Å²) in [5.74, 6) is -0.374. The first kappa shape index (κ1) is 12.0. The zero-order valence-electron chi connectivity index (χ0n) is 9.27. The summed E-state index contributed by atoms with van der Waals surface area (Å²) in [5, 5.41) is 8.56. The molecule has 0 aliphatic heterocycles. The number of ether oxygens (including phenoxy) is 1. The number of H-pyrrole nitrogens is 1. The maximum absolute atomic E-state index is 11.4. The normalized spacial score (nSPS) is 9.69. The molecule has 0 fully saturated rings. The summed E-state index contributed by atoms with van der Waals surface area (Å²) < 4.78 is 4.73. The van der Waals surface area contributed by atoms with E-state index >= 15 is 0 Å². The van der Waals surface area contributed by atoms with Crippen LogP contribution in [0.25, 0.3) is 0 Å². The van der Waals surface area contributed by atoms with Crippen LogP contribution in [0.5, 0.6) is 6.01 Å². The number of carbonyl (C=O) groups is 2. The molecule has 0 aliphatic rings. The number of rotatable bonds is 4. The number of carbonyl (C=O) groups excluding carboxylic acids is 2. The largest absolute Gasteiger partial charge is 0.466 e. The fraction of sp³-hybridized carbons (Fsp3) is 0.500. The first-order valence-electron chi connectivity index (χ1n) is 4.51. The highest BCUT2D eigenvalue weighted by atomic mass is 16.5. The van der Waals surface area contributed by atoms with Gasteiger partial charge in [-0.1, -0.05) is 0 Å². The van der Waals surface area contributed by atoms with Gasteiger partial charge in [0.15, 0.2) is 0 Å². The molecule has 0 aromatic carbocycles. The van der Waals surface area contributed by atoms with Crippen molar-refractivity contribution in [2.45, 2.75) is 6.92 Å². The van der Waals surface area contributed by atoms with E-state index in [0.717, 1.165) is 0 Å². The van der Waals surface area contributed by atoms with E-state index in [4.69, 9.17) is 4.74 Å². The second kappa shape index (κ2) is 5.10. The Hall–Kier alpha value is -2.12. The molecule has 0 bridgehead atoms. The molecule has 0 saturated heterocycles. The number of likely N-dealkylation sites (N-methyl/N-ethyl adjacent to an activating group) is 1. The van der Waals surface area contributed by atoms with E-state index in [-0.39, 0.29) is 30.3 Å². The van der Waals surface area contributed by atoms with Crippen LogP contribution in [-0.4, -0.2) is 52.6 Å². The van der Waals surface area contributed by atoms with Crippen molar-refractivity contribution >= 4 is 17.8 Å². The minimum Gasteiger partial charge on any atom is -0.466 e. The Morgan fingerprint density at radius 2 is 2.25 bits per heavy atom. The van der Waals surface area contributed by atoms with Crippen molar-refractivity contribution in [2.75, 3.05) is 26.0 Å². The van der Waals surface area contributed by atoms with Gasteiger partial charge in [0.1, 0.15) is 0 Å². The lowest BCUT2D eigenvalue weighted by atomic mass is 10.5. The summed E-state index contributed by atoms with van der Waals surface area (Å²) in [4.78, 5) is 27.3.